The van der Waals surface area contributed by atoms with E-state index < -0.39 is 0 Å². The molecule has 10 heavy (non-hydrogen) atoms. The smallest absolute Gasteiger partial charge is 0.143 e. The van der Waals surface area contributed by atoms with Crippen molar-refractivity contribution in [2.24, 2.45) is 5.92 Å². The molecule has 56 valence electrons. The predicted molar refractivity (Wildman–Crippen MR) is 43.4 cm³/mol. The van der Waals surface area contributed by atoms with E-state index in [4.69, 9.17) is 17.0 Å². The van der Waals surface area contributed by atoms with Crippen molar-refractivity contribution in [1.82, 2.24) is 5.32 Å². The third-order valence-electron chi connectivity index (χ3n) is 1.57. The SMILES string of the molecule is C=C(NCC1CC1)C(=N)Cl. The molecule has 2 nitrogen and oxygen atoms in total. The highest BCUT2D eigenvalue weighted by molar-refractivity contribution is 6.68. The van der Waals surface area contributed by atoms with Crippen LogP contribution in [0.3, 0.4) is 0 Å². The molecule has 1 aliphatic rings. The molecular formula is C7H11ClN2. The Labute approximate surface area is 65.8 Å². The minimum atomic E-state index is 0.0145. The fourth-order valence-corrected chi connectivity index (χ4v) is 0.734. The molecule has 0 aromatic rings. The van der Waals surface area contributed by atoms with Crippen molar-refractivity contribution in [3.8, 4) is 0 Å². The van der Waals surface area contributed by atoms with Gasteiger partial charge in [-0.1, -0.05) is 18.2 Å². The van der Waals surface area contributed by atoms with Gasteiger partial charge in [0, 0.05) is 6.54 Å². The second-order valence-corrected chi connectivity index (χ2v) is 2.99. The lowest BCUT2D eigenvalue weighted by Gasteiger charge is -2.04. The van der Waals surface area contributed by atoms with E-state index >= 15 is 0 Å². The molecule has 0 radical (unpaired) electrons. The van der Waals surface area contributed by atoms with Gasteiger partial charge in [0.25, 0.3) is 0 Å². The summed E-state index contributed by atoms with van der Waals surface area (Å²) in [6, 6.07) is 0. The van der Waals surface area contributed by atoms with E-state index in [9.17, 15) is 0 Å². The van der Waals surface area contributed by atoms with E-state index in [1.165, 1.54) is 12.8 Å². The van der Waals surface area contributed by atoms with Gasteiger partial charge in [0.15, 0.2) is 0 Å². The van der Waals surface area contributed by atoms with Gasteiger partial charge >= 0.3 is 0 Å². The summed E-state index contributed by atoms with van der Waals surface area (Å²) in [5.41, 5.74) is 0.536. The van der Waals surface area contributed by atoms with Gasteiger partial charge < -0.3 is 5.32 Å². The van der Waals surface area contributed by atoms with Crippen LogP contribution >= 0.6 is 11.6 Å². The fraction of sp³-hybridized carbons (Fsp3) is 0.571. The Bertz CT molecular complexity index is 161. The Morgan fingerprint density at radius 1 is 1.70 bits per heavy atom. The average Bonchev–Trinajstić information content (AvgIpc) is 2.64. The highest BCUT2D eigenvalue weighted by Gasteiger charge is 2.20. The van der Waals surface area contributed by atoms with Gasteiger partial charge in [0.1, 0.15) is 5.17 Å². The summed E-state index contributed by atoms with van der Waals surface area (Å²) in [5, 5.41) is 9.98. The average molecular weight is 159 g/mol. The zero-order chi connectivity index (χ0) is 7.56. The fourth-order valence-electron chi connectivity index (χ4n) is 0.667. The molecule has 0 heterocycles. The third-order valence-corrected chi connectivity index (χ3v) is 1.79. The molecule has 0 aromatic heterocycles. The van der Waals surface area contributed by atoms with E-state index in [-0.39, 0.29) is 5.17 Å². The number of halogens is 1. The van der Waals surface area contributed by atoms with E-state index in [1.54, 1.807) is 0 Å². The summed E-state index contributed by atoms with van der Waals surface area (Å²) < 4.78 is 0. The molecule has 0 saturated heterocycles. The Morgan fingerprint density at radius 3 is 2.70 bits per heavy atom. The minimum absolute atomic E-state index is 0.0145. The standard InChI is InChI=1S/C7H11ClN2/c1-5(7(8)9)10-4-6-2-3-6/h6,9-10H,1-4H2. The maximum absolute atomic E-state index is 6.97. The molecule has 1 rings (SSSR count). The Balaban J connectivity index is 2.11. The van der Waals surface area contributed by atoms with E-state index in [0.29, 0.717) is 5.70 Å². The zero-order valence-electron chi connectivity index (χ0n) is 5.78. The van der Waals surface area contributed by atoms with Crippen LogP contribution in [-0.4, -0.2) is 11.7 Å². The van der Waals surface area contributed by atoms with Gasteiger partial charge in [0.2, 0.25) is 0 Å². The summed E-state index contributed by atoms with van der Waals surface area (Å²) in [5.74, 6) is 0.799. The van der Waals surface area contributed by atoms with Crippen LogP contribution in [0.2, 0.25) is 0 Å². The Morgan fingerprint density at radius 2 is 2.30 bits per heavy atom. The van der Waals surface area contributed by atoms with Crippen LogP contribution in [0.4, 0.5) is 0 Å². The van der Waals surface area contributed by atoms with E-state index in [0.717, 1.165) is 12.5 Å². The van der Waals surface area contributed by atoms with Crippen LogP contribution in [0.15, 0.2) is 12.3 Å². The zero-order valence-corrected chi connectivity index (χ0v) is 6.54. The first-order chi connectivity index (χ1) is 4.70. The number of rotatable bonds is 4. The van der Waals surface area contributed by atoms with Crippen molar-refractivity contribution >= 4 is 16.8 Å². The topological polar surface area (TPSA) is 35.9 Å². The second-order valence-electron chi connectivity index (χ2n) is 2.62. The van der Waals surface area contributed by atoms with Gasteiger partial charge in [-0.15, -0.1) is 0 Å². The van der Waals surface area contributed by atoms with Crippen molar-refractivity contribution in [1.29, 1.82) is 5.41 Å². The van der Waals surface area contributed by atoms with Gasteiger partial charge in [-0.05, 0) is 18.8 Å². The molecule has 1 aliphatic carbocycles. The maximum atomic E-state index is 6.97. The normalized spacial score (nSPS) is 16.5. The summed E-state index contributed by atoms with van der Waals surface area (Å²) in [7, 11) is 0. The lowest BCUT2D eigenvalue weighted by Crippen LogP contribution is -2.18. The van der Waals surface area contributed by atoms with Crippen LogP contribution in [0, 0.1) is 11.3 Å². The summed E-state index contributed by atoms with van der Waals surface area (Å²) in [6.07, 6.45) is 2.60. The number of hydrogen-bond donors (Lipinski definition) is 2. The quantitative estimate of drug-likeness (QED) is 0.601. The van der Waals surface area contributed by atoms with Crippen molar-refractivity contribution in [3.63, 3.8) is 0 Å². The van der Waals surface area contributed by atoms with Crippen molar-refractivity contribution in [2.75, 3.05) is 6.54 Å². The molecular weight excluding hydrogens is 148 g/mol. The molecule has 1 fully saturated rings. The molecule has 0 atom stereocenters. The lowest BCUT2D eigenvalue weighted by atomic mass is 10.4. The number of allylic oxidation sites excluding steroid dienone is 1. The van der Waals surface area contributed by atoms with Crippen molar-refractivity contribution in [2.45, 2.75) is 12.8 Å². The van der Waals surface area contributed by atoms with Crippen molar-refractivity contribution in [3.05, 3.63) is 12.3 Å². The minimum Gasteiger partial charge on any atom is -0.383 e. The highest BCUT2D eigenvalue weighted by atomic mass is 35.5. The maximum Gasteiger partial charge on any atom is 0.143 e. The molecule has 2 N–H and O–H groups in total. The highest BCUT2D eigenvalue weighted by Crippen LogP contribution is 2.27. The van der Waals surface area contributed by atoms with E-state index in [1.807, 2.05) is 0 Å². The third kappa shape index (κ3) is 2.40. The monoisotopic (exact) mass is 158 g/mol. The van der Waals surface area contributed by atoms with E-state index in [2.05, 4.69) is 11.9 Å². The van der Waals surface area contributed by atoms with Gasteiger partial charge in [-0.2, -0.15) is 0 Å². The number of nitrogens with one attached hydrogen (secondary N) is 2. The van der Waals surface area contributed by atoms with Crippen LogP contribution in [0.25, 0.3) is 0 Å². The van der Waals surface area contributed by atoms with Gasteiger partial charge in [0.05, 0.1) is 5.70 Å². The largest absolute Gasteiger partial charge is 0.383 e. The summed E-state index contributed by atoms with van der Waals surface area (Å²) in [6.45, 7) is 4.51. The first-order valence-corrected chi connectivity index (χ1v) is 3.75. The van der Waals surface area contributed by atoms with Crippen LogP contribution in [-0.2, 0) is 0 Å². The number of hydrogen-bond acceptors (Lipinski definition) is 2. The van der Waals surface area contributed by atoms with Crippen LogP contribution in [0.5, 0.6) is 0 Å². The first kappa shape index (κ1) is 7.61. The first-order valence-electron chi connectivity index (χ1n) is 3.37. The molecule has 0 aromatic carbocycles. The second kappa shape index (κ2) is 3.06. The molecule has 0 aliphatic heterocycles. The van der Waals surface area contributed by atoms with Crippen LogP contribution < -0.4 is 5.32 Å². The lowest BCUT2D eigenvalue weighted by molar-refractivity contribution is 0.736. The summed E-state index contributed by atoms with van der Waals surface area (Å²) >= 11 is 5.35. The van der Waals surface area contributed by atoms with Gasteiger partial charge in [-0.3, -0.25) is 5.41 Å². The Kier molecular flexibility index (Phi) is 2.33. The van der Waals surface area contributed by atoms with Gasteiger partial charge in [-0.25, -0.2) is 0 Å². The van der Waals surface area contributed by atoms with Crippen molar-refractivity contribution < 1.29 is 0 Å². The molecule has 0 unspecified atom stereocenters. The van der Waals surface area contributed by atoms with Crippen LogP contribution in [0.1, 0.15) is 12.8 Å². The molecule has 0 bridgehead atoms. The molecule has 0 amide bonds. The Hall–Kier alpha value is -0.500. The predicted octanol–water partition coefficient (Wildman–Crippen LogP) is 1.72. The molecule has 0 spiro atoms. The molecule has 1 saturated carbocycles. The molecule has 3 heteroatoms. The summed E-state index contributed by atoms with van der Waals surface area (Å²) in [4.78, 5) is 0.